The molecule has 1 heterocycles. The minimum Gasteiger partial charge on any atom is -0.374 e. The first-order valence-corrected chi connectivity index (χ1v) is 8.24. The van der Waals surface area contributed by atoms with E-state index < -0.39 is 11.8 Å². The van der Waals surface area contributed by atoms with Crippen LogP contribution in [0.1, 0.15) is 35.6 Å². The van der Waals surface area contributed by atoms with Crippen LogP contribution in [0.25, 0.3) is 0 Å². The summed E-state index contributed by atoms with van der Waals surface area (Å²) in [4.78, 5) is 5.06. The van der Waals surface area contributed by atoms with Gasteiger partial charge in [0.25, 0.3) is 5.60 Å². The van der Waals surface area contributed by atoms with Crippen LogP contribution in [0.3, 0.4) is 0 Å². The molecule has 2 aromatic carbocycles. The van der Waals surface area contributed by atoms with Crippen LogP contribution < -0.4 is 0 Å². The Balaban J connectivity index is 2.03. The molecule has 0 bridgehead atoms. The van der Waals surface area contributed by atoms with Crippen molar-refractivity contribution >= 4 is 17.3 Å². The van der Waals surface area contributed by atoms with E-state index in [1.54, 1.807) is 31.2 Å². The summed E-state index contributed by atoms with van der Waals surface area (Å²) in [6, 6.07) is 12.5. The number of halogens is 4. The Morgan fingerprint density at radius 2 is 1.92 bits per heavy atom. The molecule has 0 amide bonds. The summed E-state index contributed by atoms with van der Waals surface area (Å²) in [5, 5.41) is 4.27. The van der Waals surface area contributed by atoms with E-state index in [0.717, 1.165) is 0 Å². The Kier molecular flexibility index (Phi) is 4.54. The van der Waals surface area contributed by atoms with E-state index in [9.17, 15) is 13.2 Å². The second kappa shape index (κ2) is 6.37. The molecule has 1 aliphatic rings. The molecule has 1 unspecified atom stereocenters. The minimum absolute atomic E-state index is 0.0563. The molecule has 0 aliphatic carbocycles. The number of nitrogens with zero attached hydrogens (tertiary/aromatic N) is 1. The van der Waals surface area contributed by atoms with Gasteiger partial charge in [-0.1, -0.05) is 47.9 Å². The molecule has 0 saturated carbocycles. The Hall–Kier alpha value is -2.01. The van der Waals surface area contributed by atoms with Crippen LogP contribution in [0.4, 0.5) is 13.2 Å². The van der Waals surface area contributed by atoms with Crippen molar-refractivity contribution in [3.63, 3.8) is 0 Å². The predicted molar refractivity (Wildman–Crippen MR) is 90.8 cm³/mol. The van der Waals surface area contributed by atoms with Gasteiger partial charge in [-0.25, -0.2) is 0 Å². The van der Waals surface area contributed by atoms with Crippen molar-refractivity contribution in [2.24, 2.45) is 5.16 Å². The topological polar surface area (TPSA) is 21.6 Å². The minimum atomic E-state index is -4.61. The van der Waals surface area contributed by atoms with Gasteiger partial charge in [0.15, 0.2) is 0 Å². The molecule has 1 radical (unpaired) electrons. The Bertz CT molecular complexity index is 814. The van der Waals surface area contributed by atoms with Crippen molar-refractivity contribution in [2.45, 2.75) is 38.5 Å². The average molecular weight is 367 g/mol. The lowest BCUT2D eigenvalue weighted by Crippen LogP contribution is -2.42. The van der Waals surface area contributed by atoms with Gasteiger partial charge in [-0.2, -0.15) is 13.2 Å². The second-order valence-electron chi connectivity index (χ2n) is 6.07. The molecule has 2 nitrogen and oxygen atoms in total. The van der Waals surface area contributed by atoms with Crippen molar-refractivity contribution in [2.75, 3.05) is 0 Å². The van der Waals surface area contributed by atoms with Crippen LogP contribution in [0.15, 0.2) is 41.6 Å². The van der Waals surface area contributed by atoms with E-state index in [4.69, 9.17) is 16.4 Å². The number of alkyl halides is 3. The van der Waals surface area contributed by atoms with E-state index in [2.05, 4.69) is 11.2 Å². The number of hydrogen-bond acceptors (Lipinski definition) is 2. The van der Waals surface area contributed by atoms with Gasteiger partial charge in [-0.15, -0.1) is 0 Å². The van der Waals surface area contributed by atoms with Crippen molar-refractivity contribution in [1.82, 2.24) is 0 Å². The fourth-order valence-corrected chi connectivity index (χ4v) is 3.04. The molecule has 0 aromatic heterocycles. The van der Waals surface area contributed by atoms with Crippen LogP contribution in [0.5, 0.6) is 0 Å². The first-order chi connectivity index (χ1) is 11.7. The number of aryl methyl sites for hydroxylation is 2. The smallest absolute Gasteiger partial charge is 0.374 e. The fraction of sp³-hybridized carbons (Fsp3) is 0.316. The maximum atomic E-state index is 14.0. The highest BCUT2D eigenvalue weighted by molar-refractivity contribution is 6.30. The van der Waals surface area contributed by atoms with E-state index >= 15 is 0 Å². The summed E-state index contributed by atoms with van der Waals surface area (Å²) >= 11 is 5.84. The van der Waals surface area contributed by atoms with Crippen LogP contribution in [-0.2, 0) is 16.9 Å². The molecular formula is C19H16ClF3NO. The molecule has 0 saturated heterocycles. The zero-order chi connectivity index (χ0) is 18.2. The van der Waals surface area contributed by atoms with E-state index in [1.807, 2.05) is 6.92 Å². The van der Waals surface area contributed by atoms with Crippen molar-refractivity contribution in [3.05, 3.63) is 69.7 Å². The summed E-state index contributed by atoms with van der Waals surface area (Å²) in [5.41, 5.74) is -0.265. The van der Waals surface area contributed by atoms with E-state index in [-0.39, 0.29) is 17.7 Å². The van der Waals surface area contributed by atoms with Crippen molar-refractivity contribution in [3.8, 4) is 0 Å². The monoisotopic (exact) mass is 366 g/mol. The highest BCUT2D eigenvalue weighted by Gasteiger charge is 2.62. The summed E-state index contributed by atoms with van der Waals surface area (Å²) in [5.74, 6) is 0. The highest BCUT2D eigenvalue weighted by Crippen LogP contribution is 2.49. The molecule has 0 spiro atoms. The van der Waals surface area contributed by atoms with Gasteiger partial charge in [-0.05, 0) is 48.2 Å². The largest absolute Gasteiger partial charge is 0.435 e. The van der Waals surface area contributed by atoms with Crippen LogP contribution in [0.2, 0.25) is 5.02 Å². The first-order valence-electron chi connectivity index (χ1n) is 7.86. The van der Waals surface area contributed by atoms with Gasteiger partial charge in [0, 0.05) is 17.0 Å². The van der Waals surface area contributed by atoms with Gasteiger partial charge >= 0.3 is 6.18 Å². The maximum absolute atomic E-state index is 14.0. The molecule has 6 heteroatoms. The van der Waals surface area contributed by atoms with Crippen LogP contribution in [0, 0.1) is 13.0 Å². The number of rotatable bonds is 3. The predicted octanol–water partition coefficient (Wildman–Crippen LogP) is 5.59. The number of benzene rings is 2. The molecular weight excluding hydrogens is 351 g/mol. The normalized spacial score (nSPS) is 20.3. The van der Waals surface area contributed by atoms with Crippen molar-refractivity contribution < 1.29 is 18.0 Å². The molecule has 1 aliphatic heterocycles. The second-order valence-corrected chi connectivity index (χ2v) is 6.50. The molecule has 25 heavy (non-hydrogen) atoms. The lowest BCUT2D eigenvalue weighted by molar-refractivity contribution is -0.275. The Morgan fingerprint density at radius 1 is 1.24 bits per heavy atom. The van der Waals surface area contributed by atoms with Gasteiger partial charge in [0.2, 0.25) is 0 Å². The Morgan fingerprint density at radius 3 is 2.52 bits per heavy atom. The third kappa shape index (κ3) is 3.25. The lowest BCUT2D eigenvalue weighted by atomic mass is 9.85. The molecule has 1 atom stereocenters. The fourth-order valence-electron chi connectivity index (χ4n) is 2.91. The molecule has 0 fully saturated rings. The zero-order valence-corrected chi connectivity index (χ0v) is 14.5. The van der Waals surface area contributed by atoms with E-state index in [0.29, 0.717) is 28.1 Å². The van der Waals surface area contributed by atoms with Gasteiger partial charge in [0.05, 0.1) is 5.71 Å². The number of hydrogen-bond donors (Lipinski definition) is 0. The van der Waals surface area contributed by atoms with Gasteiger partial charge in [0.1, 0.15) is 0 Å². The first kappa shape index (κ1) is 17.8. The molecule has 131 valence electrons. The van der Waals surface area contributed by atoms with Crippen LogP contribution >= 0.6 is 11.6 Å². The van der Waals surface area contributed by atoms with Gasteiger partial charge in [-0.3, -0.25) is 0 Å². The maximum Gasteiger partial charge on any atom is 0.435 e. The standard InChI is InChI=1S/C19H16ClF3NO/c1-3-13-8-12(2)9-15(10-13)18(19(21,22)23)11-17(24-25-18)14-4-6-16(20)7-5-14/h4-7,9-10H,3,11H2,1-2H3. The quantitative estimate of drug-likeness (QED) is 0.693. The lowest BCUT2D eigenvalue weighted by Gasteiger charge is -2.30. The van der Waals surface area contributed by atoms with E-state index in [1.165, 1.54) is 12.1 Å². The SMILES string of the molecule is CCc1[c]c(C)cc(C2(C(F)(F)F)CC(c3ccc(Cl)cc3)=NO2)c1. The summed E-state index contributed by atoms with van der Waals surface area (Å²) in [6.07, 6.45) is -4.40. The highest BCUT2D eigenvalue weighted by atomic mass is 35.5. The Labute approximate surface area is 149 Å². The summed E-state index contributed by atoms with van der Waals surface area (Å²) < 4.78 is 42.0. The van der Waals surface area contributed by atoms with Gasteiger partial charge < -0.3 is 4.84 Å². The molecule has 0 N–H and O–H groups in total. The molecule has 3 rings (SSSR count). The zero-order valence-electron chi connectivity index (χ0n) is 13.7. The molecule has 2 aromatic rings. The number of oxime groups is 1. The average Bonchev–Trinajstić information content (AvgIpc) is 3.01. The summed E-state index contributed by atoms with van der Waals surface area (Å²) in [7, 11) is 0. The van der Waals surface area contributed by atoms with Crippen LogP contribution in [-0.4, -0.2) is 11.9 Å². The summed E-state index contributed by atoms with van der Waals surface area (Å²) in [6.45, 7) is 3.60. The van der Waals surface area contributed by atoms with Crippen molar-refractivity contribution in [1.29, 1.82) is 0 Å². The third-order valence-corrected chi connectivity index (χ3v) is 4.52. The third-order valence-electron chi connectivity index (χ3n) is 4.27.